The molecule has 47 heavy (non-hydrogen) atoms. The van der Waals surface area contributed by atoms with Crippen molar-refractivity contribution in [1.82, 2.24) is 9.13 Å². The van der Waals surface area contributed by atoms with Gasteiger partial charge in [0.15, 0.2) is 0 Å². The van der Waals surface area contributed by atoms with Crippen LogP contribution in [0, 0.1) is 57.3 Å². The van der Waals surface area contributed by atoms with Gasteiger partial charge in [0.2, 0.25) is 0 Å². The van der Waals surface area contributed by atoms with Crippen molar-refractivity contribution in [1.29, 1.82) is 10.5 Å². The van der Waals surface area contributed by atoms with Crippen LogP contribution in [0.1, 0.15) is 38.9 Å². The standard InChI is InChI=1S/C43H32N4/c1-25-6-10-38-34(16-25)35-17-26(2)7-11-39(35)46(38)42-21-32(24-45)33(31-15-29(5)14-30(20-31)23-44)22-43(42)47-40-12-8-27(3)18-36(40)37-19-28(4)9-13-41(37)47/h6-22H,1-5H3. The van der Waals surface area contributed by atoms with Gasteiger partial charge in [-0.3, -0.25) is 0 Å². The zero-order valence-electron chi connectivity index (χ0n) is 27.1. The Morgan fingerprint density at radius 1 is 0.426 bits per heavy atom. The Labute approximate surface area is 274 Å². The summed E-state index contributed by atoms with van der Waals surface area (Å²) in [6.45, 7) is 10.5. The molecule has 0 aliphatic carbocycles. The molecule has 0 saturated carbocycles. The molecule has 0 fully saturated rings. The molecule has 0 aliphatic heterocycles. The fourth-order valence-corrected chi connectivity index (χ4v) is 7.29. The third-order valence-electron chi connectivity index (χ3n) is 9.39. The normalized spacial score (nSPS) is 11.5. The maximum absolute atomic E-state index is 10.7. The minimum Gasteiger partial charge on any atom is -0.307 e. The molecule has 2 aromatic heterocycles. The second-order valence-corrected chi connectivity index (χ2v) is 13.0. The molecule has 0 aliphatic rings. The Morgan fingerprint density at radius 2 is 0.851 bits per heavy atom. The first kappa shape index (κ1) is 28.4. The molecule has 0 radical (unpaired) electrons. The van der Waals surface area contributed by atoms with Crippen molar-refractivity contribution >= 4 is 43.6 Å². The highest BCUT2D eigenvalue weighted by Gasteiger charge is 2.23. The average Bonchev–Trinajstić information content (AvgIpc) is 3.54. The van der Waals surface area contributed by atoms with E-state index in [-0.39, 0.29) is 0 Å². The number of hydrogen-bond donors (Lipinski definition) is 0. The van der Waals surface area contributed by atoms with Gasteiger partial charge in [-0.1, -0.05) is 52.6 Å². The maximum atomic E-state index is 10.7. The molecule has 0 spiro atoms. The minimum absolute atomic E-state index is 0.555. The van der Waals surface area contributed by atoms with Gasteiger partial charge >= 0.3 is 0 Å². The van der Waals surface area contributed by atoms with Crippen LogP contribution in [0.2, 0.25) is 0 Å². The summed E-state index contributed by atoms with van der Waals surface area (Å²) in [6, 6.07) is 41.4. The van der Waals surface area contributed by atoms with Crippen molar-refractivity contribution in [3.63, 3.8) is 0 Å². The van der Waals surface area contributed by atoms with Gasteiger partial charge in [0, 0.05) is 27.1 Å². The molecule has 2 heterocycles. The molecular weight excluding hydrogens is 573 g/mol. The number of aryl methyl sites for hydroxylation is 5. The Morgan fingerprint density at radius 3 is 1.26 bits per heavy atom. The quantitative estimate of drug-likeness (QED) is 0.201. The third kappa shape index (κ3) is 4.42. The SMILES string of the molecule is Cc1cc(C#N)cc(-c2cc(-n3c4ccc(C)cc4c4cc(C)ccc43)c(-n3c4ccc(C)cc4c4cc(C)ccc43)cc2C#N)c1. The molecule has 4 nitrogen and oxygen atoms in total. The van der Waals surface area contributed by atoms with E-state index < -0.39 is 0 Å². The lowest BCUT2D eigenvalue weighted by atomic mass is 9.95. The molecule has 0 unspecified atom stereocenters. The molecular formula is C43H32N4. The second kappa shape index (κ2) is 10.5. The van der Waals surface area contributed by atoms with Gasteiger partial charge in [0.25, 0.3) is 0 Å². The van der Waals surface area contributed by atoms with E-state index in [1.54, 1.807) is 0 Å². The highest BCUT2D eigenvalue weighted by Crippen LogP contribution is 2.41. The summed E-state index contributed by atoms with van der Waals surface area (Å²) in [5, 5.41) is 25.3. The van der Waals surface area contributed by atoms with Crippen LogP contribution in [0.25, 0.3) is 66.1 Å². The Bertz CT molecular complexity index is 2580. The molecule has 0 saturated heterocycles. The van der Waals surface area contributed by atoms with Crippen molar-refractivity contribution in [2.24, 2.45) is 0 Å². The largest absolute Gasteiger partial charge is 0.307 e. The number of benzene rings is 6. The molecule has 6 aromatic carbocycles. The summed E-state index contributed by atoms with van der Waals surface area (Å²) in [7, 11) is 0. The number of rotatable bonds is 3. The third-order valence-corrected chi connectivity index (χ3v) is 9.39. The Balaban J connectivity index is 1.59. The van der Waals surface area contributed by atoms with E-state index in [0.29, 0.717) is 11.1 Å². The predicted molar refractivity (Wildman–Crippen MR) is 194 cm³/mol. The van der Waals surface area contributed by atoms with E-state index in [4.69, 9.17) is 0 Å². The Hall–Kier alpha value is -6.10. The zero-order valence-corrected chi connectivity index (χ0v) is 27.1. The summed E-state index contributed by atoms with van der Waals surface area (Å²) in [5.41, 5.74) is 14.8. The fourth-order valence-electron chi connectivity index (χ4n) is 7.29. The maximum Gasteiger partial charge on any atom is 0.0998 e. The van der Waals surface area contributed by atoms with Crippen molar-refractivity contribution in [3.8, 4) is 34.6 Å². The van der Waals surface area contributed by atoms with Gasteiger partial charge in [-0.2, -0.15) is 10.5 Å². The van der Waals surface area contributed by atoms with E-state index in [9.17, 15) is 10.5 Å². The molecule has 0 amide bonds. The van der Waals surface area contributed by atoms with Gasteiger partial charge in [-0.15, -0.1) is 0 Å². The second-order valence-electron chi connectivity index (χ2n) is 13.0. The first-order chi connectivity index (χ1) is 22.7. The van der Waals surface area contributed by atoms with E-state index in [2.05, 4.69) is 134 Å². The van der Waals surface area contributed by atoms with Crippen LogP contribution in [0.15, 0.2) is 103 Å². The van der Waals surface area contributed by atoms with Gasteiger partial charge in [-0.05, 0) is 119 Å². The lowest BCUT2D eigenvalue weighted by molar-refractivity contribution is 1.09. The van der Waals surface area contributed by atoms with Crippen molar-refractivity contribution < 1.29 is 0 Å². The summed E-state index contributed by atoms with van der Waals surface area (Å²) in [4.78, 5) is 0. The first-order valence-electron chi connectivity index (χ1n) is 15.9. The molecule has 0 atom stereocenters. The van der Waals surface area contributed by atoms with E-state index in [1.165, 1.54) is 43.8 Å². The minimum atomic E-state index is 0.555. The van der Waals surface area contributed by atoms with Gasteiger partial charge in [-0.25, -0.2) is 0 Å². The lowest BCUT2D eigenvalue weighted by Gasteiger charge is -2.20. The van der Waals surface area contributed by atoms with Crippen molar-refractivity contribution in [2.45, 2.75) is 34.6 Å². The first-order valence-corrected chi connectivity index (χ1v) is 15.9. The molecule has 224 valence electrons. The molecule has 8 rings (SSSR count). The fraction of sp³-hybridized carbons (Fsp3) is 0.116. The van der Waals surface area contributed by atoms with Crippen LogP contribution in [0.5, 0.6) is 0 Å². The number of nitrogens with zero attached hydrogens (tertiary/aromatic N) is 4. The lowest BCUT2D eigenvalue weighted by Crippen LogP contribution is -2.05. The highest BCUT2D eigenvalue weighted by molar-refractivity contribution is 6.12. The smallest absolute Gasteiger partial charge is 0.0998 e. The summed E-state index contributed by atoms with van der Waals surface area (Å²) in [6.07, 6.45) is 0. The van der Waals surface area contributed by atoms with E-state index >= 15 is 0 Å². The van der Waals surface area contributed by atoms with Crippen LogP contribution >= 0.6 is 0 Å². The molecule has 8 aromatic rings. The monoisotopic (exact) mass is 604 g/mol. The van der Waals surface area contributed by atoms with E-state index in [0.717, 1.165) is 50.1 Å². The highest BCUT2D eigenvalue weighted by atomic mass is 15.1. The van der Waals surface area contributed by atoms with Crippen LogP contribution in [0.4, 0.5) is 0 Å². The van der Waals surface area contributed by atoms with Crippen LogP contribution < -0.4 is 0 Å². The van der Waals surface area contributed by atoms with Gasteiger partial charge < -0.3 is 9.13 Å². The summed E-state index contributed by atoms with van der Waals surface area (Å²) < 4.78 is 4.67. The topological polar surface area (TPSA) is 57.4 Å². The molecule has 4 heteroatoms. The zero-order chi connectivity index (χ0) is 32.6. The van der Waals surface area contributed by atoms with Crippen LogP contribution in [-0.4, -0.2) is 9.13 Å². The summed E-state index contributed by atoms with van der Waals surface area (Å²) >= 11 is 0. The number of nitriles is 2. The van der Waals surface area contributed by atoms with Crippen molar-refractivity contribution in [3.05, 3.63) is 142 Å². The van der Waals surface area contributed by atoms with Crippen molar-refractivity contribution in [2.75, 3.05) is 0 Å². The van der Waals surface area contributed by atoms with Gasteiger partial charge in [0.1, 0.15) is 0 Å². The van der Waals surface area contributed by atoms with Crippen LogP contribution in [0.3, 0.4) is 0 Å². The number of fused-ring (bicyclic) bond motifs is 6. The molecule has 0 bridgehead atoms. The average molecular weight is 605 g/mol. The molecule has 0 N–H and O–H groups in total. The Kier molecular flexibility index (Phi) is 6.33. The van der Waals surface area contributed by atoms with E-state index in [1.807, 2.05) is 25.1 Å². The summed E-state index contributed by atoms with van der Waals surface area (Å²) in [5.74, 6) is 0. The number of aromatic nitrogens is 2. The predicted octanol–water partition coefficient (Wildman–Crippen LogP) is 10.8. The van der Waals surface area contributed by atoms with Gasteiger partial charge in [0.05, 0.1) is 56.7 Å². The van der Waals surface area contributed by atoms with Crippen LogP contribution in [-0.2, 0) is 0 Å². The number of hydrogen-bond acceptors (Lipinski definition) is 2.